The highest BCUT2D eigenvalue weighted by molar-refractivity contribution is 5.88. The summed E-state index contributed by atoms with van der Waals surface area (Å²) in [5.74, 6) is -0.167. The Hall–Kier alpha value is -2.04. The number of hydrogen-bond acceptors (Lipinski definition) is 4. The van der Waals surface area contributed by atoms with E-state index in [1.807, 2.05) is 26.8 Å². The van der Waals surface area contributed by atoms with Gasteiger partial charge in [-0.1, -0.05) is 20.8 Å². The Labute approximate surface area is 111 Å². The maximum Gasteiger partial charge on any atom is 0.305 e. The number of hydrogen-bond donors (Lipinski definition) is 2. The van der Waals surface area contributed by atoms with Gasteiger partial charge in [0.2, 0.25) is 0 Å². The van der Waals surface area contributed by atoms with Crippen molar-refractivity contribution in [1.82, 2.24) is 4.98 Å². The molecule has 5 nitrogen and oxygen atoms in total. The fourth-order valence-corrected chi connectivity index (χ4v) is 1.92. The van der Waals surface area contributed by atoms with E-state index >= 15 is 0 Å². The molecule has 5 heteroatoms. The second-order valence-electron chi connectivity index (χ2n) is 5.65. The lowest BCUT2D eigenvalue weighted by Crippen LogP contribution is -2.36. The second-order valence-corrected chi connectivity index (χ2v) is 5.65. The molecular weight excluding hydrogens is 244 g/mol. The normalized spacial score (nSPS) is 13.4. The molecule has 2 rings (SSSR count). The van der Waals surface area contributed by atoms with Crippen molar-refractivity contribution in [2.75, 3.05) is 5.32 Å². The summed E-state index contributed by atoms with van der Waals surface area (Å²) in [5.41, 5.74) is 0.548. The maximum absolute atomic E-state index is 11.0. The molecule has 0 aromatic carbocycles. The van der Waals surface area contributed by atoms with E-state index in [-0.39, 0.29) is 17.9 Å². The van der Waals surface area contributed by atoms with Gasteiger partial charge in [0.15, 0.2) is 0 Å². The topological polar surface area (TPSA) is 75.4 Å². The van der Waals surface area contributed by atoms with E-state index in [2.05, 4.69) is 10.3 Å². The van der Waals surface area contributed by atoms with E-state index < -0.39 is 5.97 Å². The summed E-state index contributed by atoms with van der Waals surface area (Å²) in [5, 5.41) is 13.1. The Morgan fingerprint density at radius 1 is 1.47 bits per heavy atom. The first-order valence-electron chi connectivity index (χ1n) is 6.18. The average molecular weight is 262 g/mol. The number of carboxylic acid groups (broad SMARTS) is 1. The van der Waals surface area contributed by atoms with Gasteiger partial charge in [0, 0.05) is 12.2 Å². The molecule has 19 heavy (non-hydrogen) atoms. The summed E-state index contributed by atoms with van der Waals surface area (Å²) in [7, 11) is 0. The summed E-state index contributed by atoms with van der Waals surface area (Å²) in [4.78, 5) is 15.3. The number of aliphatic carboxylic acids is 1. The molecule has 0 saturated carbocycles. The Balaban J connectivity index is 2.30. The number of fused-ring (bicyclic) bond motifs is 1. The van der Waals surface area contributed by atoms with Crippen molar-refractivity contribution in [2.24, 2.45) is 5.41 Å². The molecule has 2 aromatic heterocycles. The Morgan fingerprint density at radius 2 is 2.21 bits per heavy atom. The van der Waals surface area contributed by atoms with E-state index in [0.29, 0.717) is 5.82 Å². The van der Waals surface area contributed by atoms with Gasteiger partial charge in [0.1, 0.15) is 11.4 Å². The van der Waals surface area contributed by atoms with Gasteiger partial charge in [-0.25, -0.2) is 4.98 Å². The molecule has 2 heterocycles. The lowest BCUT2D eigenvalue weighted by atomic mass is 9.84. The standard InChI is InChI=1S/C14H18N2O3/c1-14(2,3)11(8-12(17)18)16-13-9-5-7-19-10(9)4-6-15-13/h4-7,11H,8H2,1-3H3,(H,15,16)(H,17,18). The van der Waals surface area contributed by atoms with Crippen LogP contribution in [0.2, 0.25) is 0 Å². The van der Waals surface area contributed by atoms with Crippen LogP contribution < -0.4 is 5.32 Å². The summed E-state index contributed by atoms with van der Waals surface area (Å²) >= 11 is 0. The Bertz CT molecular complexity index is 584. The summed E-state index contributed by atoms with van der Waals surface area (Å²) in [6.45, 7) is 6.01. The number of carboxylic acids is 1. The minimum Gasteiger partial charge on any atom is -0.481 e. The smallest absolute Gasteiger partial charge is 0.305 e. The quantitative estimate of drug-likeness (QED) is 0.885. The van der Waals surface area contributed by atoms with Gasteiger partial charge in [-0.05, 0) is 17.5 Å². The van der Waals surface area contributed by atoms with E-state index in [9.17, 15) is 4.79 Å². The minimum atomic E-state index is -0.827. The lowest BCUT2D eigenvalue weighted by molar-refractivity contribution is -0.137. The van der Waals surface area contributed by atoms with Crippen LogP contribution in [0.15, 0.2) is 29.0 Å². The molecule has 1 unspecified atom stereocenters. The molecule has 0 spiro atoms. The highest BCUT2D eigenvalue weighted by atomic mass is 16.4. The molecule has 2 N–H and O–H groups in total. The van der Waals surface area contributed by atoms with Crippen LogP contribution in [0.3, 0.4) is 0 Å². The monoisotopic (exact) mass is 262 g/mol. The number of nitrogens with zero attached hydrogens (tertiary/aromatic N) is 1. The SMILES string of the molecule is CC(C)(C)C(CC(=O)O)Nc1nccc2occc12. The van der Waals surface area contributed by atoms with Crippen molar-refractivity contribution < 1.29 is 14.3 Å². The molecule has 1 atom stereocenters. The third-order valence-electron chi connectivity index (χ3n) is 3.11. The first-order chi connectivity index (χ1) is 8.88. The predicted molar refractivity (Wildman–Crippen MR) is 73.1 cm³/mol. The predicted octanol–water partition coefficient (Wildman–Crippen LogP) is 3.13. The van der Waals surface area contributed by atoms with Crippen LogP contribution in [0.1, 0.15) is 27.2 Å². The maximum atomic E-state index is 11.0. The molecule has 102 valence electrons. The van der Waals surface area contributed by atoms with Crippen molar-refractivity contribution in [3.8, 4) is 0 Å². The number of aromatic nitrogens is 1. The van der Waals surface area contributed by atoms with Crippen LogP contribution in [-0.4, -0.2) is 22.1 Å². The summed E-state index contributed by atoms with van der Waals surface area (Å²) < 4.78 is 5.31. The van der Waals surface area contributed by atoms with Crippen molar-refractivity contribution in [2.45, 2.75) is 33.2 Å². The molecule has 2 aromatic rings. The van der Waals surface area contributed by atoms with Crippen LogP contribution in [0.4, 0.5) is 5.82 Å². The fourth-order valence-electron chi connectivity index (χ4n) is 1.92. The van der Waals surface area contributed by atoms with Crippen molar-refractivity contribution in [1.29, 1.82) is 0 Å². The molecule has 0 aliphatic carbocycles. The highest BCUT2D eigenvalue weighted by Crippen LogP contribution is 2.28. The largest absolute Gasteiger partial charge is 0.481 e. The van der Waals surface area contributed by atoms with Gasteiger partial charge < -0.3 is 14.8 Å². The Kier molecular flexibility index (Phi) is 3.46. The number of carbonyl (C=O) groups is 1. The van der Waals surface area contributed by atoms with Gasteiger partial charge in [-0.15, -0.1) is 0 Å². The van der Waals surface area contributed by atoms with E-state index in [1.54, 1.807) is 18.5 Å². The molecule has 0 bridgehead atoms. The molecule has 0 amide bonds. The molecule has 0 aliphatic heterocycles. The number of rotatable bonds is 4. The zero-order valence-electron chi connectivity index (χ0n) is 11.3. The minimum absolute atomic E-state index is 0.0411. The first kappa shape index (κ1) is 13.4. The van der Waals surface area contributed by atoms with Gasteiger partial charge in [0.25, 0.3) is 0 Å². The number of nitrogens with one attached hydrogen (secondary N) is 1. The van der Waals surface area contributed by atoms with E-state index in [4.69, 9.17) is 9.52 Å². The van der Waals surface area contributed by atoms with Crippen molar-refractivity contribution in [3.63, 3.8) is 0 Å². The van der Waals surface area contributed by atoms with Gasteiger partial charge >= 0.3 is 5.97 Å². The zero-order chi connectivity index (χ0) is 14.0. The number of anilines is 1. The van der Waals surface area contributed by atoms with Crippen molar-refractivity contribution in [3.05, 3.63) is 24.6 Å². The third-order valence-corrected chi connectivity index (χ3v) is 3.11. The molecule has 0 aliphatic rings. The summed E-state index contributed by atoms with van der Waals surface area (Å²) in [6.07, 6.45) is 3.29. The van der Waals surface area contributed by atoms with E-state index in [1.165, 1.54) is 0 Å². The van der Waals surface area contributed by atoms with Crippen LogP contribution in [0.25, 0.3) is 11.0 Å². The average Bonchev–Trinajstić information content (AvgIpc) is 2.75. The number of pyridine rings is 1. The van der Waals surface area contributed by atoms with E-state index in [0.717, 1.165) is 11.0 Å². The molecular formula is C14H18N2O3. The third kappa shape index (κ3) is 3.05. The van der Waals surface area contributed by atoms with Crippen molar-refractivity contribution >= 4 is 22.8 Å². The molecule has 0 radical (unpaired) electrons. The molecule has 0 fully saturated rings. The van der Waals surface area contributed by atoms with Crippen LogP contribution in [-0.2, 0) is 4.79 Å². The van der Waals surface area contributed by atoms with Crippen LogP contribution in [0.5, 0.6) is 0 Å². The Morgan fingerprint density at radius 3 is 2.84 bits per heavy atom. The number of furan rings is 1. The lowest BCUT2D eigenvalue weighted by Gasteiger charge is -2.30. The van der Waals surface area contributed by atoms with Crippen LogP contribution >= 0.6 is 0 Å². The second kappa shape index (κ2) is 4.91. The van der Waals surface area contributed by atoms with Gasteiger partial charge in [-0.2, -0.15) is 0 Å². The first-order valence-corrected chi connectivity index (χ1v) is 6.18. The molecule has 0 saturated heterocycles. The van der Waals surface area contributed by atoms with Crippen LogP contribution in [0, 0.1) is 5.41 Å². The highest BCUT2D eigenvalue weighted by Gasteiger charge is 2.27. The van der Waals surface area contributed by atoms with Gasteiger partial charge in [-0.3, -0.25) is 4.79 Å². The fraction of sp³-hybridized carbons (Fsp3) is 0.429. The zero-order valence-corrected chi connectivity index (χ0v) is 11.3. The van der Waals surface area contributed by atoms with Gasteiger partial charge in [0.05, 0.1) is 18.1 Å². The summed E-state index contributed by atoms with van der Waals surface area (Å²) in [6, 6.07) is 3.40.